The molecule has 0 bridgehead atoms. The molecule has 0 unspecified atom stereocenters. The van der Waals surface area contributed by atoms with Gasteiger partial charge in [0, 0.05) is 49.6 Å². The Hall–Kier alpha value is -2.41. The fraction of sp³-hybridized carbons (Fsp3) is 0.389. The average molecular weight is 360 g/mol. The number of aromatic nitrogens is 1. The van der Waals surface area contributed by atoms with E-state index in [0.29, 0.717) is 26.1 Å². The molecule has 0 spiro atoms. The van der Waals surface area contributed by atoms with Crippen LogP contribution in [0.3, 0.4) is 0 Å². The number of carbonyl (C=O) groups is 2. The van der Waals surface area contributed by atoms with Crippen molar-refractivity contribution in [2.75, 3.05) is 25.0 Å². The van der Waals surface area contributed by atoms with Gasteiger partial charge in [-0.05, 0) is 26.0 Å². The predicted octanol–water partition coefficient (Wildman–Crippen LogP) is 3.36. The summed E-state index contributed by atoms with van der Waals surface area (Å²) in [6.07, 6.45) is 0.689. The first-order valence-corrected chi connectivity index (χ1v) is 9.26. The van der Waals surface area contributed by atoms with Crippen LogP contribution >= 0.6 is 11.3 Å². The largest absolute Gasteiger partial charge is 0.338 e. The van der Waals surface area contributed by atoms with Crippen LogP contribution in [0.5, 0.6) is 0 Å². The minimum absolute atomic E-state index is 0.0385. The maximum absolute atomic E-state index is 11.9. The molecule has 1 heterocycles. The summed E-state index contributed by atoms with van der Waals surface area (Å²) >= 11 is 1.56. The van der Waals surface area contributed by atoms with Gasteiger partial charge in [-0.2, -0.15) is 0 Å². The Kier molecular flexibility index (Phi) is 6.94. The van der Waals surface area contributed by atoms with Crippen LogP contribution in [0.2, 0.25) is 0 Å². The van der Waals surface area contributed by atoms with E-state index in [-0.39, 0.29) is 11.9 Å². The lowest BCUT2D eigenvalue weighted by atomic mass is 10.2. The van der Waals surface area contributed by atoms with Crippen LogP contribution < -0.4 is 10.6 Å². The summed E-state index contributed by atoms with van der Waals surface area (Å²) in [5, 5.41) is 8.60. The van der Waals surface area contributed by atoms with Crippen LogP contribution in [0.15, 0.2) is 29.6 Å². The maximum Gasteiger partial charge on any atom is 0.317 e. The number of carbonyl (C=O) groups excluding carboxylic acids is 2. The Morgan fingerprint density at radius 3 is 2.68 bits per heavy atom. The quantitative estimate of drug-likeness (QED) is 0.795. The van der Waals surface area contributed by atoms with Gasteiger partial charge in [-0.15, -0.1) is 11.3 Å². The van der Waals surface area contributed by atoms with Crippen molar-refractivity contribution < 1.29 is 9.59 Å². The molecule has 3 amide bonds. The Morgan fingerprint density at radius 2 is 2.00 bits per heavy atom. The van der Waals surface area contributed by atoms with Crippen molar-refractivity contribution in [1.82, 2.24) is 15.2 Å². The highest BCUT2D eigenvalue weighted by atomic mass is 32.1. The fourth-order valence-electron chi connectivity index (χ4n) is 2.41. The normalized spacial score (nSPS) is 10.4. The van der Waals surface area contributed by atoms with Gasteiger partial charge in [0.15, 0.2) is 0 Å². The Morgan fingerprint density at radius 1 is 1.24 bits per heavy atom. The highest BCUT2D eigenvalue weighted by molar-refractivity contribution is 7.13. The van der Waals surface area contributed by atoms with E-state index in [1.54, 1.807) is 16.2 Å². The molecule has 0 saturated carbocycles. The third kappa shape index (κ3) is 5.56. The van der Waals surface area contributed by atoms with Gasteiger partial charge in [-0.3, -0.25) is 4.79 Å². The van der Waals surface area contributed by atoms with Gasteiger partial charge < -0.3 is 15.5 Å². The molecule has 0 radical (unpaired) electrons. The Labute approximate surface area is 152 Å². The highest BCUT2D eigenvalue weighted by Gasteiger charge is 2.09. The second-order valence-corrected chi connectivity index (χ2v) is 6.42. The van der Waals surface area contributed by atoms with E-state index in [4.69, 9.17) is 0 Å². The van der Waals surface area contributed by atoms with Gasteiger partial charge in [-0.1, -0.05) is 12.1 Å². The molecule has 0 aliphatic carbocycles. The molecule has 0 atom stereocenters. The van der Waals surface area contributed by atoms with Crippen LogP contribution in [0.25, 0.3) is 10.6 Å². The van der Waals surface area contributed by atoms with Crippen molar-refractivity contribution >= 4 is 29.0 Å². The lowest BCUT2D eigenvalue weighted by molar-refractivity contribution is -0.114. The molecule has 0 fully saturated rings. The summed E-state index contributed by atoms with van der Waals surface area (Å²) in [6, 6.07) is 7.58. The van der Waals surface area contributed by atoms with Gasteiger partial charge in [0.2, 0.25) is 5.91 Å². The molecular weight excluding hydrogens is 336 g/mol. The Bertz CT molecular complexity index is 725. The molecule has 0 aliphatic rings. The molecule has 0 aliphatic heterocycles. The van der Waals surface area contributed by atoms with Gasteiger partial charge in [0.1, 0.15) is 5.01 Å². The van der Waals surface area contributed by atoms with Crippen molar-refractivity contribution in [1.29, 1.82) is 0 Å². The molecule has 25 heavy (non-hydrogen) atoms. The lowest BCUT2D eigenvalue weighted by Gasteiger charge is -2.18. The number of urea groups is 1. The number of hydrogen-bond acceptors (Lipinski definition) is 4. The summed E-state index contributed by atoms with van der Waals surface area (Å²) in [6.45, 7) is 7.38. The number of anilines is 1. The monoisotopic (exact) mass is 360 g/mol. The molecular formula is C18H24N4O2S. The Balaban J connectivity index is 1.94. The SMILES string of the molecule is CCN(CC)C(=O)NCCc1csc(-c2cccc(NC(C)=O)c2)n1. The zero-order chi connectivity index (χ0) is 18.2. The topological polar surface area (TPSA) is 74.3 Å². The summed E-state index contributed by atoms with van der Waals surface area (Å²) < 4.78 is 0. The number of nitrogens with zero attached hydrogens (tertiary/aromatic N) is 2. The molecule has 7 heteroatoms. The van der Waals surface area contributed by atoms with Crippen molar-refractivity contribution in [2.45, 2.75) is 27.2 Å². The second-order valence-electron chi connectivity index (χ2n) is 5.56. The summed E-state index contributed by atoms with van der Waals surface area (Å²) in [5.41, 5.74) is 2.67. The van der Waals surface area contributed by atoms with Gasteiger partial charge in [0.25, 0.3) is 0 Å². The second kappa shape index (κ2) is 9.17. The maximum atomic E-state index is 11.9. The third-order valence-electron chi connectivity index (χ3n) is 3.69. The first-order chi connectivity index (χ1) is 12.0. The van der Waals surface area contributed by atoms with Crippen LogP contribution in [0, 0.1) is 0 Å². The zero-order valence-electron chi connectivity index (χ0n) is 14.8. The molecule has 2 aromatic rings. The number of nitrogens with one attached hydrogen (secondary N) is 2. The van der Waals surface area contributed by atoms with E-state index >= 15 is 0 Å². The van der Waals surface area contributed by atoms with Crippen LogP contribution in [-0.4, -0.2) is 41.5 Å². The summed E-state index contributed by atoms with van der Waals surface area (Å²) in [4.78, 5) is 29.5. The predicted molar refractivity (Wildman–Crippen MR) is 102 cm³/mol. The average Bonchev–Trinajstić information content (AvgIpc) is 3.04. The van der Waals surface area contributed by atoms with E-state index in [1.165, 1.54) is 6.92 Å². The van der Waals surface area contributed by atoms with E-state index in [0.717, 1.165) is 22.0 Å². The lowest BCUT2D eigenvalue weighted by Crippen LogP contribution is -2.40. The molecule has 6 nitrogen and oxygen atoms in total. The van der Waals surface area contributed by atoms with E-state index in [2.05, 4.69) is 15.6 Å². The molecule has 1 aromatic carbocycles. The van der Waals surface area contributed by atoms with Crippen molar-refractivity contribution in [3.8, 4) is 10.6 Å². The van der Waals surface area contributed by atoms with Crippen molar-refractivity contribution in [2.24, 2.45) is 0 Å². The molecule has 0 saturated heterocycles. The minimum atomic E-state index is -0.0964. The molecule has 2 N–H and O–H groups in total. The number of thiazole rings is 1. The van der Waals surface area contributed by atoms with E-state index in [1.807, 2.05) is 43.5 Å². The van der Waals surface area contributed by atoms with Crippen LogP contribution in [-0.2, 0) is 11.2 Å². The summed E-state index contributed by atoms with van der Waals surface area (Å²) in [5.74, 6) is -0.0964. The smallest absolute Gasteiger partial charge is 0.317 e. The number of amides is 3. The third-order valence-corrected chi connectivity index (χ3v) is 4.63. The minimum Gasteiger partial charge on any atom is -0.338 e. The first kappa shape index (κ1) is 18.9. The fourth-order valence-corrected chi connectivity index (χ4v) is 3.26. The number of rotatable bonds is 7. The van der Waals surface area contributed by atoms with Crippen molar-refractivity contribution in [3.63, 3.8) is 0 Å². The van der Waals surface area contributed by atoms with Crippen LogP contribution in [0.1, 0.15) is 26.5 Å². The van der Waals surface area contributed by atoms with Gasteiger partial charge in [-0.25, -0.2) is 9.78 Å². The molecule has 134 valence electrons. The highest BCUT2D eigenvalue weighted by Crippen LogP contribution is 2.26. The standard InChI is InChI=1S/C18H24N4O2S/c1-4-22(5-2)18(24)19-10-9-16-12-25-17(21-16)14-7-6-8-15(11-14)20-13(3)23/h6-8,11-12H,4-5,9-10H2,1-3H3,(H,19,24)(H,20,23). The van der Waals surface area contributed by atoms with Gasteiger partial charge in [0.05, 0.1) is 5.69 Å². The first-order valence-electron chi connectivity index (χ1n) is 8.38. The van der Waals surface area contributed by atoms with Crippen LogP contribution in [0.4, 0.5) is 10.5 Å². The van der Waals surface area contributed by atoms with Gasteiger partial charge >= 0.3 is 6.03 Å². The molecule has 1 aromatic heterocycles. The molecule has 2 rings (SSSR count). The number of benzene rings is 1. The van der Waals surface area contributed by atoms with Crippen molar-refractivity contribution in [3.05, 3.63) is 35.3 Å². The van der Waals surface area contributed by atoms with E-state index < -0.39 is 0 Å². The van der Waals surface area contributed by atoms with E-state index in [9.17, 15) is 9.59 Å². The zero-order valence-corrected chi connectivity index (χ0v) is 15.7. The number of hydrogen-bond donors (Lipinski definition) is 2. The summed E-state index contributed by atoms with van der Waals surface area (Å²) in [7, 11) is 0.